The molecule has 3 aromatic rings. The van der Waals surface area contributed by atoms with Crippen molar-refractivity contribution in [3.8, 4) is 11.1 Å². The number of carboxylic acids is 1. The van der Waals surface area contributed by atoms with Crippen LogP contribution in [0.4, 0.5) is 11.4 Å². The van der Waals surface area contributed by atoms with Gasteiger partial charge in [-0.25, -0.2) is 8.42 Å². The molecule has 3 aromatic carbocycles. The van der Waals surface area contributed by atoms with Crippen LogP contribution in [-0.4, -0.2) is 25.5 Å². The molecule has 0 heterocycles. The summed E-state index contributed by atoms with van der Waals surface area (Å²) in [6, 6.07) is 21.6. The van der Waals surface area contributed by atoms with Crippen LogP contribution in [0.5, 0.6) is 0 Å². The van der Waals surface area contributed by atoms with Gasteiger partial charge in [0.1, 0.15) is 6.04 Å². The van der Waals surface area contributed by atoms with Crippen molar-refractivity contribution in [2.45, 2.75) is 23.8 Å². The number of sulfonamides is 1. The van der Waals surface area contributed by atoms with Crippen molar-refractivity contribution >= 4 is 27.4 Å². The molecule has 0 aliphatic rings. The van der Waals surface area contributed by atoms with Crippen molar-refractivity contribution in [1.82, 2.24) is 4.72 Å². The number of anilines is 2. The number of aliphatic carboxylic acids is 1. The summed E-state index contributed by atoms with van der Waals surface area (Å²) < 4.78 is 27.8. The molecule has 32 heavy (non-hydrogen) atoms. The molecule has 3 rings (SSSR count). The van der Waals surface area contributed by atoms with Crippen molar-refractivity contribution in [3.05, 3.63) is 91.1 Å². The average molecular weight is 452 g/mol. The lowest BCUT2D eigenvalue weighted by Gasteiger charge is -2.17. The SMILES string of the molecule is C=C(CC[C@H](NS(=O)(=O)c1ccc(-c2ccccc2)cc1)C(=O)O)Nc1ccccc1N. The van der Waals surface area contributed by atoms with Gasteiger partial charge in [0.05, 0.1) is 16.3 Å². The summed E-state index contributed by atoms with van der Waals surface area (Å²) in [7, 11) is -4.02. The molecule has 5 N–H and O–H groups in total. The minimum absolute atomic E-state index is 0.00237. The van der Waals surface area contributed by atoms with Gasteiger partial charge in [-0.1, -0.05) is 61.2 Å². The van der Waals surface area contributed by atoms with E-state index in [1.165, 1.54) is 12.1 Å². The first-order valence-corrected chi connectivity index (χ1v) is 11.4. The lowest BCUT2D eigenvalue weighted by atomic mass is 10.1. The topological polar surface area (TPSA) is 122 Å². The maximum absolute atomic E-state index is 12.7. The molecule has 0 spiro atoms. The van der Waals surface area contributed by atoms with Crippen LogP contribution in [0.1, 0.15) is 12.8 Å². The first kappa shape index (κ1) is 23.1. The molecule has 0 amide bonds. The van der Waals surface area contributed by atoms with E-state index in [0.29, 0.717) is 17.1 Å². The Bertz CT molecular complexity index is 1190. The number of para-hydroxylation sites is 2. The van der Waals surface area contributed by atoms with E-state index in [4.69, 9.17) is 5.73 Å². The fraction of sp³-hybridized carbons (Fsp3) is 0.125. The number of allylic oxidation sites excluding steroid dienone is 1. The summed E-state index contributed by atoms with van der Waals surface area (Å²) in [5.41, 5.74) is 9.41. The molecule has 8 heteroatoms. The molecule has 0 fully saturated rings. The number of carbonyl (C=O) groups is 1. The second kappa shape index (κ2) is 10.1. The smallest absolute Gasteiger partial charge is 0.321 e. The Balaban J connectivity index is 1.65. The number of carboxylic acid groups (broad SMARTS) is 1. The van der Waals surface area contributed by atoms with E-state index in [-0.39, 0.29) is 17.7 Å². The van der Waals surface area contributed by atoms with Gasteiger partial charge in [0.2, 0.25) is 10.0 Å². The first-order chi connectivity index (χ1) is 15.3. The molecule has 0 radical (unpaired) electrons. The largest absolute Gasteiger partial charge is 0.480 e. The molecule has 0 aliphatic carbocycles. The third-order valence-electron chi connectivity index (χ3n) is 4.87. The number of nitrogens with one attached hydrogen (secondary N) is 2. The van der Waals surface area contributed by atoms with Gasteiger partial charge in [-0.3, -0.25) is 4.79 Å². The molecular weight excluding hydrogens is 426 g/mol. The predicted molar refractivity (Wildman–Crippen MR) is 126 cm³/mol. The van der Waals surface area contributed by atoms with E-state index in [1.807, 2.05) is 36.4 Å². The van der Waals surface area contributed by atoms with Gasteiger partial charge in [-0.15, -0.1) is 0 Å². The van der Waals surface area contributed by atoms with Gasteiger partial charge in [0, 0.05) is 5.70 Å². The van der Waals surface area contributed by atoms with Gasteiger partial charge < -0.3 is 16.2 Å². The number of nitrogen functional groups attached to an aromatic ring is 1. The van der Waals surface area contributed by atoms with Gasteiger partial charge in [-0.2, -0.15) is 4.72 Å². The highest BCUT2D eigenvalue weighted by Gasteiger charge is 2.25. The minimum atomic E-state index is -4.02. The van der Waals surface area contributed by atoms with Crippen LogP contribution in [0, 0.1) is 0 Å². The molecule has 0 aromatic heterocycles. The van der Waals surface area contributed by atoms with E-state index < -0.39 is 22.0 Å². The van der Waals surface area contributed by atoms with E-state index in [1.54, 1.807) is 30.3 Å². The molecule has 0 bridgehead atoms. The van der Waals surface area contributed by atoms with Crippen LogP contribution in [0.2, 0.25) is 0 Å². The summed E-state index contributed by atoms with van der Waals surface area (Å²) in [4.78, 5) is 11.7. The van der Waals surface area contributed by atoms with Crippen LogP contribution in [0.3, 0.4) is 0 Å². The molecule has 0 saturated carbocycles. The second-order valence-electron chi connectivity index (χ2n) is 7.26. The highest BCUT2D eigenvalue weighted by Crippen LogP contribution is 2.22. The third kappa shape index (κ3) is 5.96. The molecule has 0 saturated heterocycles. The lowest BCUT2D eigenvalue weighted by molar-refractivity contribution is -0.139. The average Bonchev–Trinajstić information content (AvgIpc) is 2.78. The first-order valence-electron chi connectivity index (χ1n) is 9.96. The zero-order chi connectivity index (χ0) is 23.1. The standard InChI is InChI=1S/C24H25N3O4S/c1-17(26-22-10-6-5-9-21(22)25)11-16-23(24(28)29)27-32(30,31)20-14-12-19(13-15-20)18-7-3-2-4-8-18/h2-10,12-15,23,26-27H,1,11,16,25H2,(H,28,29)/t23-/m0/s1. The number of benzene rings is 3. The summed E-state index contributed by atoms with van der Waals surface area (Å²) in [5.74, 6) is -1.26. The second-order valence-corrected chi connectivity index (χ2v) is 8.97. The molecule has 7 nitrogen and oxygen atoms in total. The zero-order valence-electron chi connectivity index (χ0n) is 17.4. The molecule has 166 valence electrons. The Kier molecular flexibility index (Phi) is 7.29. The van der Waals surface area contributed by atoms with Gasteiger partial charge in [0.15, 0.2) is 0 Å². The zero-order valence-corrected chi connectivity index (χ0v) is 18.2. The Morgan fingerprint density at radius 1 is 0.938 bits per heavy atom. The normalized spacial score (nSPS) is 12.1. The highest BCUT2D eigenvalue weighted by molar-refractivity contribution is 7.89. The Morgan fingerprint density at radius 2 is 1.53 bits per heavy atom. The Morgan fingerprint density at radius 3 is 2.16 bits per heavy atom. The van der Waals surface area contributed by atoms with E-state index in [9.17, 15) is 18.3 Å². The number of hydrogen-bond acceptors (Lipinski definition) is 5. The van der Waals surface area contributed by atoms with Crippen LogP contribution >= 0.6 is 0 Å². The van der Waals surface area contributed by atoms with Crippen LogP contribution in [0.15, 0.2) is 96.0 Å². The van der Waals surface area contributed by atoms with Crippen LogP contribution in [0.25, 0.3) is 11.1 Å². The molecule has 0 unspecified atom stereocenters. The van der Waals surface area contributed by atoms with Gasteiger partial charge >= 0.3 is 5.97 Å². The lowest BCUT2D eigenvalue weighted by Crippen LogP contribution is -2.40. The van der Waals surface area contributed by atoms with Crippen LogP contribution < -0.4 is 15.8 Å². The van der Waals surface area contributed by atoms with Gasteiger partial charge in [-0.05, 0) is 48.2 Å². The fourth-order valence-electron chi connectivity index (χ4n) is 3.13. The van der Waals surface area contributed by atoms with E-state index in [2.05, 4.69) is 16.6 Å². The van der Waals surface area contributed by atoms with Crippen LogP contribution in [-0.2, 0) is 14.8 Å². The van der Waals surface area contributed by atoms with Crippen molar-refractivity contribution in [2.24, 2.45) is 0 Å². The number of rotatable bonds is 10. The Hall–Kier alpha value is -3.62. The van der Waals surface area contributed by atoms with E-state index >= 15 is 0 Å². The van der Waals surface area contributed by atoms with Crippen molar-refractivity contribution in [3.63, 3.8) is 0 Å². The van der Waals surface area contributed by atoms with Crippen molar-refractivity contribution in [2.75, 3.05) is 11.1 Å². The number of hydrogen-bond donors (Lipinski definition) is 4. The van der Waals surface area contributed by atoms with Crippen molar-refractivity contribution < 1.29 is 18.3 Å². The quantitative estimate of drug-likeness (QED) is 0.345. The highest BCUT2D eigenvalue weighted by atomic mass is 32.2. The maximum Gasteiger partial charge on any atom is 0.321 e. The summed E-state index contributed by atoms with van der Waals surface area (Å²) >= 11 is 0. The third-order valence-corrected chi connectivity index (χ3v) is 6.36. The van der Waals surface area contributed by atoms with E-state index in [0.717, 1.165) is 11.1 Å². The fourth-order valence-corrected chi connectivity index (χ4v) is 4.35. The molecule has 0 aliphatic heterocycles. The van der Waals surface area contributed by atoms with Crippen molar-refractivity contribution in [1.29, 1.82) is 0 Å². The van der Waals surface area contributed by atoms with Gasteiger partial charge in [0.25, 0.3) is 0 Å². The molecular formula is C24H25N3O4S. The molecule has 1 atom stereocenters. The Labute approximate surface area is 187 Å². The maximum atomic E-state index is 12.7. The predicted octanol–water partition coefficient (Wildman–Crippen LogP) is 4.07. The summed E-state index contributed by atoms with van der Waals surface area (Å²) in [5, 5.41) is 12.6. The summed E-state index contributed by atoms with van der Waals surface area (Å²) in [6.45, 7) is 3.88. The monoisotopic (exact) mass is 451 g/mol. The summed E-state index contributed by atoms with van der Waals surface area (Å²) in [6.07, 6.45) is 0.260. The minimum Gasteiger partial charge on any atom is -0.480 e. The number of nitrogens with two attached hydrogens (primary N) is 1.